The molecule has 1 aromatic rings. The number of hydrogen-bond acceptors (Lipinski definition) is 4. The minimum Gasteiger partial charge on any atom is -0.271 e. The summed E-state index contributed by atoms with van der Waals surface area (Å²) in [5.74, 6) is 2.21. The number of aliphatic imine (C=N–C) groups is 1. The van der Waals surface area contributed by atoms with Crippen LogP contribution in [0.3, 0.4) is 0 Å². The molecule has 0 unspecified atom stereocenters. The van der Waals surface area contributed by atoms with Gasteiger partial charge in [0.2, 0.25) is 0 Å². The molecule has 0 atom stereocenters. The average molecular weight is 294 g/mol. The van der Waals surface area contributed by atoms with E-state index in [1.54, 1.807) is 11.3 Å². The monoisotopic (exact) mass is 293 g/mol. The molecule has 1 aromatic heterocycles. The maximum Gasteiger partial charge on any atom is 0.124 e. The molecule has 0 saturated carbocycles. The number of halogens is 1. The van der Waals surface area contributed by atoms with E-state index in [1.165, 1.54) is 13.7 Å². The highest BCUT2D eigenvalue weighted by Gasteiger charge is 2.07. The van der Waals surface area contributed by atoms with Crippen molar-refractivity contribution in [2.75, 3.05) is 12.3 Å². The van der Waals surface area contributed by atoms with E-state index in [1.807, 2.05) is 23.5 Å². The third-order valence-corrected chi connectivity index (χ3v) is 5.42. The Labute approximate surface area is 98.5 Å². The van der Waals surface area contributed by atoms with Crippen molar-refractivity contribution in [3.8, 4) is 0 Å². The first-order chi connectivity index (χ1) is 6.34. The quantitative estimate of drug-likeness (QED) is 0.821. The van der Waals surface area contributed by atoms with Crippen LogP contribution >= 0.6 is 50.8 Å². The van der Waals surface area contributed by atoms with Crippen LogP contribution in [0.2, 0.25) is 0 Å². The minimum absolute atomic E-state index is 1.00. The van der Waals surface area contributed by atoms with Gasteiger partial charge in [-0.3, -0.25) is 4.99 Å². The molecular formula is C8H8BrNS3. The maximum atomic E-state index is 4.39. The van der Waals surface area contributed by atoms with Crippen molar-refractivity contribution in [3.63, 3.8) is 0 Å². The van der Waals surface area contributed by atoms with Gasteiger partial charge in [-0.15, -0.1) is 11.3 Å². The van der Waals surface area contributed by atoms with E-state index in [0.29, 0.717) is 0 Å². The minimum atomic E-state index is 1.00. The van der Waals surface area contributed by atoms with E-state index >= 15 is 0 Å². The second kappa shape index (κ2) is 4.87. The van der Waals surface area contributed by atoms with Crippen LogP contribution in [0, 0.1) is 0 Å². The van der Waals surface area contributed by atoms with Gasteiger partial charge in [-0.2, -0.15) is 0 Å². The number of rotatable bonds is 2. The van der Waals surface area contributed by atoms with E-state index in [-0.39, 0.29) is 0 Å². The molecule has 0 aromatic carbocycles. The molecule has 1 aliphatic rings. The van der Waals surface area contributed by atoms with Crippen molar-refractivity contribution < 1.29 is 0 Å². The SMILES string of the molecule is Brc1cc(CSC2=NCCS2)cs1. The first-order valence-electron chi connectivity index (χ1n) is 3.87. The van der Waals surface area contributed by atoms with Gasteiger partial charge in [-0.05, 0) is 32.9 Å². The first-order valence-corrected chi connectivity index (χ1v) is 7.52. The van der Waals surface area contributed by atoms with Gasteiger partial charge >= 0.3 is 0 Å². The molecule has 2 heterocycles. The fourth-order valence-electron chi connectivity index (χ4n) is 0.969. The summed E-state index contributed by atoms with van der Waals surface area (Å²) in [6.45, 7) is 1.00. The molecule has 0 bridgehead atoms. The molecule has 0 aliphatic carbocycles. The largest absolute Gasteiger partial charge is 0.271 e. The Morgan fingerprint density at radius 1 is 1.62 bits per heavy atom. The fraction of sp³-hybridized carbons (Fsp3) is 0.375. The number of thioether (sulfide) groups is 2. The van der Waals surface area contributed by atoms with Gasteiger partial charge in [-0.25, -0.2) is 0 Å². The first kappa shape index (κ1) is 10.1. The van der Waals surface area contributed by atoms with Crippen molar-refractivity contribution in [1.82, 2.24) is 0 Å². The predicted molar refractivity (Wildman–Crippen MR) is 68.1 cm³/mol. The Balaban J connectivity index is 1.85. The molecule has 0 fully saturated rings. The van der Waals surface area contributed by atoms with Crippen molar-refractivity contribution in [1.29, 1.82) is 0 Å². The van der Waals surface area contributed by atoms with Gasteiger partial charge in [0.15, 0.2) is 0 Å². The van der Waals surface area contributed by atoms with Crippen LogP contribution in [0.1, 0.15) is 5.56 Å². The summed E-state index contributed by atoms with van der Waals surface area (Å²) in [7, 11) is 0. The van der Waals surface area contributed by atoms with Gasteiger partial charge in [0.1, 0.15) is 4.38 Å². The molecule has 0 saturated heterocycles. The van der Waals surface area contributed by atoms with Crippen LogP contribution < -0.4 is 0 Å². The number of hydrogen-bond donors (Lipinski definition) is 0. The molecule has 0 N–H and O–H groups in total. The van der Waals surface area contributed by atoms with Crippen molar-refractivity contribution in [3.05, 3.63) is 20.8 Å². The topological polar surface area (TPSA) is 12.4 Å². The second-order valence-electron chi connectivity index (χ2n) is 2.54. The summed E-state index contributed by atoms with van der Waals surface area (Å²) in [5.41, 5.74) is 1.39. The van der Waals surface area contributed by atoms with E-state index in [4.69, 9.17) is 0 Å². The molecule has 70 valence electrons. The normalized spacial score (nSPS) is 16.2. The van der Waals surface area contributed by atoms with Gasteiger partial charge in [0.25, 0.3) is 0 Å². The third-order valence-electron chi connectivity index (χ3n) is 1.54. The van der Waals surface area contributed by atoms with Crippen LogP contribution in [0.25, 0.3) is 0 Å². The third kappa shape index (κ3) is 3.01. The van der Waals surface area contributed by atoms with Crippen LogP contribution in [-0.4, -0.2) is 16.7 Å². The zero-order valence-corrected chi connectivity index (χ0v) is 10.9. The van der Waals surface area contributed by atoms with Crippen molar-refractivity contribution in [2.24, 2.45) is 4.99 Å². The zero-order valence-electron chi connectivity index (χ0n) is 6.83. The molecule has 5 heteroatoms. The smallest absolute Gasteiger partial charge is 0.124 e. The van der Waals surface area contributed by atoms with E-state index < -0.39 is 0 Å². The standard InChI is InChI=1S/C8H8BrNS3/c9-7-3-6(4-12-7)5-13-8-10-1-2-11-8/h3-4H,1-2,5H2. The van der Waals surface area contributed by atoms with Crippen LogP contribution in [0.5, 0.6) is 0 Å². The Bertz CT molecular complexity index is 321. The van der Waals surface area contributed by atoms with Gasteiger partial charge in [0, 0.05) is 11.5 Å². The lowest BCUT2D eigenvalue weighted by molar-refractivity contribution is 1.18. The summed E-state index contributed by atoms with van der Waals surface area (Å²) in [5, 5.41) is 2.19. The number of thiophene rings is 1. The lowest BCUT2D eigenvalue weighted by Crippen LogP contribution is -1.81. The van der Waals surface area contributed by atoms with E-state index in [0.717, 1.165) is 18.1 Å². The predicted octanol–water partition coefficient (Wildman–Crippen LogP) is 3.85. The Morgan fingerprint density at radius 2 is 2.54 bits per heavy atom. The van der Waals surface area contributed by atoms with Crippen molar-refractivity contribution in [2.45, 2.75) is 5.75 Å². The summed E-state index contributed by atoms with van der Waals surface area (Å²) < 4.78 is 2.46. The van der Waals surface area contributed by atoms with Crippen LogP contribution in [-0.2, 0) is 5.75 Å². The highest BCUT2D eigenvalue weighted by atomic mass is 79.9. The lowest BCUT2D eigenvalue weighted by atomic mass is 10.4. The molecule has 1 aliphatic heterocycles. The zero-order chi connectivity index (χ0) is 9.10. The van der Waals surface area contributed by atoms with Crippen LogP contribution in [0.15, 0.2) is 20.2 Å². The van der Waals surface area contributed by atoms with Crippen LogP contribution in [0.4, 0.5) is 0 Å². The molecular weight excluding hydrogens is 286 g/mol. The molecule has 0 spiro atoms. The second-order valence-corrected chi connectivity index (χ2v) is 7.14. The summed E-state index contributed by atoms with van der Waals surface area (Å²) in [6, 6.07) is 2.18. The van der Waals surface area contributed by atoms with E-state index in [2.05, 4.69) is 32.4 Å². The molecule has 0 amide bonds. The van der Waals surface area contributed by atoms with Gasteiger partial charge < -0.3 is 0 Å². The Morgan fingerprint density at radius 3 is 3.15 bits per heavy atom. The van der Waals surface area contributed by atoms with Crippen molar-refractivity contribution >= 4 is 55.2 Å². The van der Waals surface area contributed by atoms with Gasteiger partial charge in [-0.1, -0.05) is 23.5 Å². The summed E-state index contributed by atoms with van der Waals surface area (Å²) in [6.07, 6.45) is 0. The Hall–Kier alpha value is 0.550. The fourth-order valence-corrected chi connectivity index (χ4v) is 4.22. The molecule has 1 nitrogen and oxygen atoms in total. The Kier molecular flexibility index (Phi) is 3.77. The highest BCUT2D eigenvalue weighted by Crippen LogP contribution is 2.28. The summed E-state index contributed by atoms with van der Waals surface area (Å²) in [4.78, 5) is 4.39. The average Bonchev–Trinajstić information content (AvgIpc) is 2.71. The molecule has 13 heavy (non-hydrogen) atoms. The highest BCUT2D eigenvalue weighted by molar-refractivity contribution is 9.11. The molecule has 0 radical (unpaired) electrons. The maximum absolute atomic E-state index is 4.39. The summed E-state index contributed by atoms with van der Waals surface area (Å²) >= 11 is 8.93. The van der Waals surface area contributed by atoms with Gasteiger partial charge in [0.05, 0.1) is 10.3 Å². The molecule has 2 rings (SSSR count). The lowest BCUT2D eigenvalue weighted by Gasteiger charge is -1.96. The van der Waals surface area contributed by atoms with E-state index in [9.17, 15) is 0 Å². The number of nitrogens with zero attached hydrogens (tertiary/aromatic N) is 1.